The van der Waals surface area contributed by atoms with Crippen LogP contribution >= 0.6 is 24.0 Å². The van der Waals surface area contributed by atoms with Crippen LogP contribution in [-0.4, -0.2) is 19.6 Å². The first-order valence-corrected chi connectivity index (χ1v) is 15.1. The fraction of sp³-hybridized carbons (Fsp3) is 0.152. The van der Waals surface area contributed by atoms with Crippen LogP contribution in [0.15, 0.2) is 113 Å². The third-order valence-corrected chi connectivity index (χ3v) is 9.07. The number of pyridine rings is 1. The zero-order valence-corrected chi connectivity index (χ0v) is 25.7. The van der Waals surface area contributed by atoms with E-state index < -0.39 is 22.7 Å². The monoisotopic (exact) mass is 645 g/mol. The van der Waals surface area contributed by atoms with Gasteiger partial charge < -0.3 is 14.8 Å². The molecule has 1 aliphatic rings. The fourth-order valence-corrected chi connectivity index (χ4v) is 6.92. The zero-order valence-electron chi connectivity index (χ0n) is 24.0. The molecule has 0 spiro atoms. The minimum Gasteiger partial charge on any atom is -0.351 e. The van der Waals surface area contributed by atoms with Crippen molar-refractivity contribution in [2.75, 3.05) is 4.90 Å². The predicted molar refractivity (Wildman–Crippen MR) is 172 cm³/mol. The third kappa shape index (κ3) is 5.90. The minimum absolute atomic E-state index is 0.0273. The number of nitrogens with zero attached hydrogens (tertiary/aromatic N) is 4. The van der Waals surface area contributed by atoms with Crippen molar-refractivity contribution < 1.29 is 18.1 Å². The first-order valence-electron chi connectivity index (χ1n) is 13.9. The average molecular weight is 646 g/mol. The molecule has 228 valence electrons. The molecule has 1 saturated heterocycles. The highest BCUT2D eigenvalue weighted by Crippen LogP contribution is 2.45. The second-order valence-corrected chi connectivity index (χ2v) is 12.1. The van der Waals surface area contributed by atoms with Crippen LogP contribution < -0.4 is 10.2 Å². The smallest absolute Gasteiger partial charge is 0.351 e. The Morgan fingerprint density at radius 1 is 0.933 bits per heavy atom. The molecule has 0 saturated carbocycles. The number of rotatable bonds is 7. The number of aromatic nitrogens is 2. The van der Waals surface area contributed by atoms with Crippen LogP contribution in [0.4, 0.5) is 24.5 Å². The maximum Gasteiger partial charge on any atom is 0.418 e. The number of para-hydroxylation sites is 1. The Balaban J connectivity index is 1.40. The van der Waals surface area contributed by atoms with E-state index in [4.69, 9.17) is 12.2 Å². The van der Waals surface area contributed by atoms with Gasteiger partial charge in [0.25, 0.3) is 5.69 Å². The van der Waals surface area contributed by atoms with Gasteiger partial charge in [-0.15, -0.1) is 0 Å². The Morgan fingerprint density at radius 3 is 2.20 bits per heavy atom. The first kappa shape index (κ1) is 30.4. The van der Waals surface area contributed by atoms with Crippen LogP contribution in [0.1, 0.15) is 40.3 Å². The molecular weight excluding hydrogens is 620 g/mol. The molecule has 6 rings (SSSR count). The van der Waals surface area contributed by atoms with E-state index in [1.807, 2.05) is 60.4 Å². The number of nitrogens with one attached hydrogen (secondary N) is 1. The van der Waals surface area contributed by atoms with E-state index in [0.717, 1.165) is 32.8 Å². The van der Waals surface area contributed by atoms with Crippen molar-refractivity contribution in [2.24, 2.45) is 0 Å². The summed E-state index contributed by atoms with van der Waals surface area (Å²) in [4.78, 5) is 18.9. The number of benzene rings is 3. The van der Waals surface area contributed by atoms with Crippen LogP contribution in [0.2, 0.25) is 0 Å². The quantitative estimate of drug-likeness (QED) is 0.108. The number of hydrogen-bond donors (Lipinski definition) is 1. The van der Waals surface area contributed by atoms with Gasteiger partial charge in [0.1, 0.15) is 0 Å². The van der Waals surface area contributed by atoms with Gasteiger partial charge in [-0.05, 0) is 98.4 Å². The second-order valence-electron chi connectivity index (χ2n) is 10.5. The summed E-state index contributed by atoms with van der Waals surface area (Å²) in [6, 6.07) is 26.4. The van der Waals surface area contributed by atoms with Crippen LogP contribution in [0.25, 0.3) is 5.69 Å². The molecule has 0 unspecified atom stereocenters. The Morgan fingerprint density at radius 2 is 1.58 bits per heavy atom. The highest BCUT2D eigenvalue weighted by Gasteiger charge is 2.43. The van der Waals surface area contributed by atoms with Crippen LogP contribution in [0.5, 0.6) is 0 Å². The van der Waals surface area contributed by atoms with Gasteiger partial charge >= 0.3 is 6.18 Å². The van der Waals surface area contributed by atoms with E-state index in [0.29, 0.717) is 16.5 Å². The number of alkyl halides is 3. The van der Waals surface area contributed by atoms with Gasteiger partial charge in [0.05, 0.1) is 34.0 Å². The van der Waals surface area contributed by atoms with Gasteiger partial charge in [0.15, 0.2) is 5.11 Å². The number of nitro benzene ring substituents is 1. The number of hydrogen-bond acceptors (Lipinski definition) is 5. The maximum atomic E-state index is 14.1. The molecule has 1 N–H and O–H groups in total. The van der Waals surface area contributed by atoms with Gasteiger partial charge in [-0.2, -0.15) is 13.2 Å². The van der Waals surface area contributed by atoms with Crippen molar-refractivity contribution >= 4 is 40.5 Å². The fourth-order valence-electron chi connectivity index (χ4n) is 5.76. The summed E-state index contributed by atoms with van der Waals surface area (Å²) in [5.41, 5.74) is 3.06. The minimum atomic E-state index is -4.52. The lowest BCUT2D eigenvalue weighted by molar-refractivity contribution is -0.384. The van der Waals surface area contributed by atoms with Gasteiger partial charge in [0.2, 0.25) is 0 Å². The molecule has 0 bridgehead atoms. The van der Waals surface area contributed by atoms with Gasteiger partial charge in [0, 0.05) is 45.2 Å². The first-order chi connectivity index (χ1) is 21.5. The molecule has 0 radical (unpaired) electrons. The molecule has 2 aromatic heterocycles. The lowest BCUT2D eigenvalue weighted by atomic mass is 9.96. The molecule has 3 heterocycles. The summed E-state index contributed by atoms with van der Waals surface area (Å²) in [5.74, 6) is 0. The molecule has 7 nitrogen and oxygen atoms in total. The molecular formula is C33H26F3N5O2S2. The maximum absolute atomic E-state index is 14.1. The predicted octanol–water partition coefficient (Wildman–Crippen LogP) is 8.74. The normalized spacial score (nSPS) is 16.6. The number of nitro groups is 1. The largest absolute Gasteiger partial charge is 0.418 e. The van der Waals surface area contributed by atoms with Crippen molar-refractivity contribution in [1.29, 1.82) is 0 Å². The molecule has 0 amide bonds. The molecule has 5 aromatic rings. The molecule has 0 aliphatic carbocycles. The Hall–Kier alpha value is -4.68. The Bertz CT molecular complexity index is 1880. The van der Waals surface area contributed by atoms with Crippen LogP contribution in [0, 0.1) is 24.0 Å². The van der Waals surface area contributed by atoms with Crippen LogP contribution in [-0.2, 0) is 6.18 Å². The van der Waals surface area contributed by atoms with E-state index in [-0.39, 0.29) is 17.4 Å². The van der Waals surface area contributed by atoms with Gasteiger partial charge in [-0.25, -0.2) is 0 Å². The zero-order chi connectivity index (χ0) is 31.9. The van der Waals surface area contributed by atoms with E-state index in [9.17, 15) is 23.3 Å². The summed E-state index contributed by atoms with van der Waals surface area (Å²) in [5, 5.41) is 14.9. The van der Waals surface area contributed by atoms with Gasteiger partial charge in [-0.3, -0.25) is 15.1 Å². The number of non-ortho nitro benzene ring substituents is 1. The Kier molecular flexibility index (Phi) is 8.10. The number of aryl methyl sites for hydroxylation is 1. The van der Waals surface area contributed by atoms with Crippen LogP contribution in [0.3, 0.4) is 0 Å². The van der Waals surface area contributed by atoms with E-state index in [2.05, 4.69) is 10.3 Å². The highest BCUT2D eigenvalue weighted by molar-refractivity contribution is 7.99. The second kappa shape index (κ2) is 12.0. The summed E-state index contributed by atoms with van der Waals surface area (Å²) < 4.78 is 43.8. The van der Waals surface area contributed by atoms with E-state index in [1.165, 1.54) is 36.0 Å². The standard InChI is InChI=1S/C33H26F3N5O2S2/c1-20-19-26(21(2)39(20)29-9-4-3-7-27(29)33(34,35)36)31-30(28-8-5-6-18-37-28)38-32(44)40(31)22-10-14-24(15-11-22)45-25-16-12-23(13-17-25)41(42)43/h3-19,30-31H,1-2H3,(H,38,44)/t30-,31+/m0/s1. The highest BCUT2D eigenvalue weighted by atomic mass is 32.2. The van der Waals surface area contributed by atoms with Crippen molar-refractivity contribution in [3.05, 3.63) is 142 Å². The molecule has 3 aromatic carbocycles. The SMILES string of the molecule is Cc1cc([C@@H]2[C@H](c3ccccn3)NC(=S)N2c2ccc(Sc3ccc([N+](=O)[O-])cc3)cc2)c(C)n1-c1ccccc1C(F)(F)F. The molecule has 2 atom stereocenters. The van der Waals surface area contributed by atoms with Crippen molar-refractivity contribution in [2.45, 2.75) is 41.9 Å². The third-order valence-electron chi connectivity index (χ3n) is 7.74. The lowest BCUT2D eigenvalue weighted by Crippen LogP contribution is -2.29. The van der Waals surface area contributed by atoms with Crippen molar-refractivity contribution in [1.82, 2.24) is 14.9 Å². The van der Waals surface area contributed by atoms with E-state index in [1.54, 1.807) is 35.9 Å². The number of halogens is 3. The summed E-state index contributed by atoms with van der Waals surface area (Å²) in [6.07, 6.45) is -2.82. The van der Waals surface area contributed by atoms with Gasteiger partial charge in [-0.1, -0.05) is 30.0 Å². The summed E-state index contributed by atoms with van der Waals surface area (Å²) >= 11 is 7.33. The molecule has 1 fully saturated rings. The van der Waals surface area contributed by atoms with Crippen molar-refractivity contribution in [3.63, 3.8) is 0 Å². The average Bonchev–Trinajstić information content (AvgIpc) is 3.52. The Labute approximate surface area is 266 Å². The molecule has 1 aliphatic heterocycles. The topological polar surface area (TPSA) is 76.2 Å². The number of thiocarbonyl (C=S) groups is 1. The van der Waals surface area contributed by atoms with E-state index >= 15 is 0 Å². The molecule has 12 heteroatoms. The number of anilines is 1. The molecule has 45 heavy (non-hydrogen) atoms. The lowest BCUT2D eigenvalue weighted by Gasteiger charge is -2.28. The summed E-state index contributed by atoms with van der Waals surface area (Å²) in [7, 11) is 0. The van der Waals surface area contributed by atoms with Crippen molar-refractivity contribution in [3.8, 4) is 5.69 Å². The summed E-state index contributed by atoms with van der Waals surface area (Å²) in [6.45, 7) is 3.63.